The largest absolute Gasteiger partial charge is 0.330 e. The molecule has 1 aromatic carbocycles. The summed E-state index contributed by atoms with van der Waals surface area (Å²) in [6.45, 7) is 0.357. The van der Waals surface area contributed by atoms with Crippen LogP contribution in [-0.4, -0.2) is 12.5 Å². The fourth-order valence-corrected chi connectivity index (χ4v) is 1.94. The van der Waals surface area contributed by atoms with Crippen molar-refractivity contribution in [2.24, 2.45) is 5.73 Å². The van der Waals surface area contributed by atoms with E-state index < -0.39 is 0 Å². The molecular formula is C9H10ClIN2O. The second-order valence-corrected chi connectivity index (χ2v) is 4.31. The first-order chi connectivity index (χ1) is 6.63. The van der Waals surface area contributed by atoms with Gasteiger partial charge >= 0.3 is 0 Å². The monoisotopic (exact) mass is 324 g/mol. The molecule has 76 valence electrons. The molecule has 0 unspecified atom stereocenters. The predicted molar refractivity (Wildman–Crippen MR) is 66.5 cm³/mol. The van der Waals surface area contributed by atoms with Crippen molar-refractivity contribution in [3.05, 3.63) is 26.8 Å². The molecule has 0 radical (unpaired) electrons. The number of benzene rings is 1. The number of hydrogen-bond acceptors (Lipinski definition) is 2. The van der Waals surface area contributed by atoms with Gasteiger partial charge in [-0.3, -0.25) is 4.79 Å². The van der Waals surface area contributed by atoms with E-state index >= 15 is 0 Å². The molecule has 0 saturated heterocycles. The van der Waals surface area contributed by atoms with Crippen molar-refractivity contribution in [3.8, 4) is 0 Å². The normalized spacial score (nSPS) is 9.93. The van der Waals surface area contributed by atoms with Gasteiger partial charge in [0, 0.05) is 21.6 Å². The Balaban J connectivity index is 2.72. The molecule has 3 N–H and O–H groups in total. The van der Waals surface area contributed by atoms with Crippen molar-refractivity contribution in [1.29, 1.82) is 0 Å². The lowest BCUT2D eigenvalue weighted by molar-refractivity contribution is -0.116. The summed E-state index contributed by atoms with van der Waals surface area (Å²) in [4.78, 5) is 11.2. The van der Waals surface area contributed by atoms with Gasteiger partial charge in [0.15, 0.2) is 0 Å². The van der Waals surface area contributed by atoms with Crippen LogP contribution in [0.25, 0.3) is 0 Å². The van der Waals surface area contributed by atoms with Gasteiger partial charge in [0.1, 0.15) is 0 Å². The maximum Gasteiger partial charge on any atom is 0.225 e. The van der Waals surface area contributed by atoms with Gasteiger partial charge in [-0.2, -0.15) is 0 Å². The number of anilines is 1. The Morgan fingerprint density at radius 3 is 2.86 bits per heavy atom. The molecule has 3 nitrogen and oxygen atoms in total. The van der Waals surface area contributed by atoms with Crippen LogP contribution in [0.1, 0.15) is 6.42 Å². The molecule has 0 saturated carbocycles. The minimum Gasteiger partial charge on any atom is -0.330 e. The highest BCUT2D eigenvalue weighted by molar-refractivity contribution is 14.1. The summed E-state index contributed by atoms with van der Waals surface area (Å²) in [6, 6.07) is 5.31. The Hall–Kier alpha value is -0.330. The Bertz CT molecular complexity index is 344. The molecule has 1 amide bonds. The third-order valence-corrected chi connectivity index (χ3v) is 2.70. The van der Waals surface area contributed by atoms with E-state index in [2.05, 4.69) is 27.9 Å². The van der Waals surface area contributed by atoms with Gasteiger partial charge < -0.3 is 11.1 Å². The molecule has 0 aliphatic heterocycles. The summed E-state index contributed by atoms with van der Waals surface area (Å²) in [5.74, 6) is -0.0762. The Kier molecular flexibility index (Phi) is 4.64. The van der Waals surface area contributed by atoms with Crippen molar-refractivity contribution >= 4 is 45.8 Å². The predicted octanol–water partition coefficient (Wildman–Crippen LogP) is 2.23. The first-order valence-electron chi connectivity index (χ1n) is 4.08. The van der Waals surface area contributed by atoms with Crippen molar-refractivity contribution in [2.45, 2.75) is 6.42 Å². The molecule has 1 rings (SSSR count). The van der Waals surface area contributed by atoms with E-state index in [9.17, 15) is 4.79 Å². The van der Waals surface area contributed by atoms with Crippen LogP contribution >= 0.6 is 34.2 Å². The van der Waals surface area contributed by atoms with Gasteiger partial charge in [-0.15, -0.1) is 0 Å². The number of carbonyl (C=O) groups excluding carboxylic acids is 1. The number of nitrogens with one attached hydrogen (secondary N) is 1. The van der Waals surface area contributed by atoms with E-state index in [1.54, 1.807) is 18.2 Å². The fourth-order valence-electron chi connectivity index (χ4n) is 0.935. The van der Waals surface area contributed by atoms with Gasteiger partial charge in [-0.05, 0) is 40.8 Å². The highest BCUT2D eigenvalue weighted by Crippen LogP contribution is 2.22. The summed E-state index contributed by atoms with van der Waals surface area (Å²) >= 11 is 7.89. The Morgan fingerprint density at radius 2 is 2.29 bits per heavy atom. The van der Waals surface area contributed by atoms with Gasteiger partial charge in [0.05, 0.1) is 5.69 Å². The van der Waals surface area contributed by atoms with Crippen LogP contribution < -0.4 is 11.1 Å². The van der Waals surface area contributed by atoms with Crippen LogP contribution in [0.3, 0.4) is 0 Å². The van der Waals surface area contributed by atoms with Gasteiger partial charge in [-0.1, -0.05) is 11.6 Å². The minimum absolute atomic E-state index is 0.0762. The smallest absolute Gasteiger partial charge is 0.225 e. The van der Waals surface area contributed by atoms with Crippen LogP contribution in [0, 0.1) is 3.57 Å². The van der Waals surface area contributed by atoms with E-state index in [0.29, 0.717) is 18.0 Å². The fraction of sp³-hybridized carbons (Fsp3) is 0.222. The highest BCUT2D eigenvalue weighted by atomic mass is 127. The molecule has 0 aliphatic rings. The third-order valence-electron chi connectivity index (χ3n) is 1.58. The number of carbonyl (C=O) groups is 1. The van der Waals surface area contributed by atoms with Crippen LogP contribution in [-0.2, 0) is 4.79 Å². The van der Waals surface area contributed by atoms with Crippen molar-refractivity contribution < 1.29 is 4.79 Å². The molecular weight excluding hydrogens is 314 g/mol. The summed E-state index contributed by atoms with van der Waals surface area (Å²) in [7, 11) is 0. The third kappa shape index (κ3) is 3.43. The van der Waals surface area contributed by atoms with E-state index in [0.717, 1.165) is 9.26 Å². The molecule has 0 aliphatic carbocycles. The number of amides is 1. The minimum atomic E-state index is -0.0762. The zero-order chi connectivity index (χ0) is 10.6. The zero-order valence-electron chi connectivity index (χ0n) is 7.39. The van der Waals surface area contributed by atoms with Crippen molar-refractivity contribution in [3.63, 3.8) is 0 Å². The quantitative estimate of drug-likeness (QED) is 0.838. The van der Waals surface area contributed by atoms with Crippen LogP contribution in [0.2, 0.25) is 5.02 Å². The molecule has 1 aromatic rings. The van der Waals surface area contributed by atoms with Gasteiger partial charge in [0.25, 0.3) is 0 Å². The summed E-state index contributed by atoms with van der Waals surface area (Å²) in [5.41, 5.74) is 6.03. The number of halogens is 2. The second-order valence-electron chi connectivity index (χ2n) is 2.71. The SMILES string of the molecule is NCCC(=O)Nc1ccc(Cl)cc1I. The topological polar surface area (TPSA) is 55.1 Å². The van der Waals surface area contributed by atoms with Crippen molar-refractivity contribution in [1.82, 2.24) is 0 Å². The number of hydrogen-bond donors (Lipinski definition) is 2. The van der Waals surface area contributed by atoms with E-state index in [1.165, 1.54) is 0 Å². The standard InChI is InChI=1S/C9H10ClIN2O/c10-6-1-2-8(7(11)5-6)13-9(14)3-4-12/h1-2,5H,3-4,12H2,(H,13,14). The number of nitrogens with two attached hydrogens (primary N) is 1. The number of rotatable bonds is 3. The van der Waals surface area contributed by atoms with Gasteiger partial charge in [-0.25, -0.2) is 0 Å². The molecule has 0 atom stereocenters. The Labute approximate surface area is 101 Å². The Morgan fingerprint density at radius 1 is 1.57 bits per heavy atom. The molecule has 5 heteroatoms. The molecule has 0 aromatic heterocycles. The lowest BCUT2D eigenvalue weighted by atomic mass is 10.3. The van der Waals surface area contributed by atoms with E-state index in [-0.39, 0.29) is 5.91 Å². The maximum atomic E-state index is 11.2. The average molecular weight is 325 g/mol. The molecule has 14 heavy (non-hydrogen) atoms. The van der Waals surface area contributed by atoms with Crippen molar-refractivity contribution in [2.75, 3.05) is 11.9 Å². The lowest BCUT2D eigenvalue weighted by Crippen LogP contribution is -2.16. The van der Waals surface area contributed by atoms with E-state index in [4.69, 9.17) is 17.3 Å². The van der Waals surface area contributed by atoms with Crippen LogP contribution in [0.5, 0.6) is 0 Å². The second kappa shape index (κ2) is 5.53. The van der Waals surface area contributed by atoms with E-state index in [1.807, 2.05) is 0 Å². The first-order valence-corrected chi connectivity index (χ1v) is 5.54. The molecule has 0 heterocycles. The molecule has 0 spiro atoms. The molecule has 0 bridgehead atoms. The molecule has 0 fully saturated rings. The lowest BCUT2D eigenvalue weighted by Gasteiger charge is -2.06. The van der Waals surface area contributed by atoms with Crippen LogP contribution in [0.4, 0.5) is 5.69 Å². The zero-order valence-corrected chi connectivity index (χ0v) is 10.3. The highest BCUT2D eigenvalue weighted by Gasteiger charge is 2.04. The summed E-state index contributed by atoms with van der Waals surface area (Å²) < 4.78 is 0.917. The first kappa shape index (κ1) is 11.7. The summed E-state index contributed by atoms with van der Waals surface area (Å²) in [5, 5.41) is 3.41. The van der Waals surface area contributed by atoms with Gasteiger partial charge in [0.2, 0.25) is 5.91 Å². The maximum absolute atomic E-state index is 11.2. The average Bonchev–Trinajstić information content (AvgIpc) is 2.10. The van der Waals surface area contributed by atoms with Crippen LogP contribution in [0.15, 0.2) is 18.2 Å². The summed E-state index contributed by atoms with van der Waals surface area (Å²) in [6.07, 6.45) is 0.332.